The van der Waals surface area contributed by atoms with Gasteiger partial charge in [-0.25, -0.2) is 0 Å². The Bertz CT molecular complexity index is 1200. The summed E-state index contributed by atoms with van der Waals surface area (Å²) < 4.78 is 7.26. The van der Waals surface area contributed by atoms with Gasteiger partial charge in [-0.1, -0.05) is 30.3 Å². The molecule has 4 rings (SSSR count). The fourth-order valence-electron chi connectivity index (χ4n) is 2.89. The summed E-state index contributed by atoms with van der Waals surface area (Å²) in [6, 6.07) is 23.4. The SMILES string of the molecule is Cn1nc(C(=O)Nc2ccc(Oc3ccccc3)cc2)c(=O)c2ccccc21. The Balaban J connectivity index is 1.55. The molecule has 0 aliphatic heterocycles. The van der Waals surface area contributed by atoms with Crippen molar-refractivity contribution in [2.45, 2.75) is 0 Å². The Kier molecular flexibility index (Phi) is 4.60. The van der Waals surface area contributed by atoms with Gasteiger partial charge >= 0.3 is 0 Å². The third kappa shape index (κ3) is 3.48. The maximum absolute atomic E-state index is 12.6. The highest BCUT2D eigenvalue weighted by Gasteiger charge is 2.16. The lowest BCUT2D eigenvalue weighted by atomic mass is 10.2. The number of anilines is 1. The minimum atomic E-state index is -0.553. The van der Waals surface area contributed by atoms with E-state index >= 15 is 0 Å². The molecule has 0 aliphatic carbocycles. The number of amides is 1. The maximum atomic E-state index is 12.6. The van der Waals surface area contributed by atoms with Crippen molar-refractivity contribution in [2.75, 3.05) is 5.32 Å². The molecule has 0 saturated heterocycles. The van der Waals surface area contributed by atoms with Crippen LogP contribution in [0.3, 0.4) is 0 Å². The molecule has 1 aromatic heterocycles. The number of nitrogens with one attached hydrogen (secondary N) is 1. The van der Waals surface area contributed by atoms with Gasteiger partial charge in [-0.3, -0.25) is 14.3 Å². The summed E-state index contributed by atoms with van der Waals surface area (Å²) in [4.78, 5) is 25.2. The van der Waals surface area contributed by atoms with Crippen molar-refractivity contribution < 1.29 is 9.53 Å². The number of hydrogen-bond acceptors (Lipinski definition) is 4. The summed E-state index contributed by atoms with van der Waals surface area (Å²) in [7, 11) is 1.70. The molecular weight excluding hydrogens is 354 g/mol. The number of para-hydroxylation sites is 2. The quantitative estimate of drug-likeness (QED) is 0.589. The molecule has 4 aromatic rings. The Morgan fingerprint density at radius 1 is 0.893 bits per heavy atom. The molecule has 3 aromatic carbocycles. The van der Waals surface area contributed by atoms with Crippen LogP contribution in [0.5, 0.6) is 11.5 Å². The Labute approximate surface area is 161 Å². The summed E-state index contributed by atoms with van der Waals surface area (Å²) in [5.74, 6) is 0.815. The van der Waals surface area contributed by atoms with Gasteiger partial charge in [0, 0.05) is 18.1 Å². The van der Waals surface area contributed by atoms with Crippen LogP contribution in [-0.2, 0) is 7.05 Å². The third-order valence-corrected chi connectivity index (χ3v) is 4.27. The zero-order valence-corrected chi connectivity index (χ0v) is 15.1. The van der Waals surface area contributed by atoms with Gasteiger partial charge in [-0.15, -0.1) is 0 Å². The standard InChI is InChI=1S/C22H17N3O3/c1-25-19-10-6-5-9-18(19)21(26)20(24-25)22(27)23-15-11-13-17(14-12-15)28-16-7-3-2-4-8-16/h2-14H,1H3,(H,23,27). The lowest BCUT2D eigenvalue weighted by Gasteiger charge is -2.09. The first kappa shape index (κ1) is 17.5. The van der Waals surface area contributed by atoms with Crippen LogP contribution in [0.1, 0.15) is 10.5 Å². The smallest absolute Gasteiger partial charge is 0.280 e. The summed E-state index contributed by atoms with van der Waals surface area (Å²) >= 11 is 0. The minimum absolute atomic E-state index is 0.147. The normalized spacial score (nSPS) is 10.6. The van der Waals surface area contributed by atoms with Crippen LogP contribution in [0.4, 0.5) is 5.69 Å². The molecule has 0 radical (unpaired) electrons. The molecule has 1 N–H and O–H groups in total. The lowest BCUT2D eigenvalue weighted by molar-refractivity contribution is 0.101. The topological polar surface area (TPSA) is 73.2 Å². The van der Waals surface area contributed by atoms with Gasteiger partial charge in [-0.2, -0.15) is 5.10 Å². The number of fused-ring (bicyclic) bond motifs is 1. The van der Waals surface area contributed by atoms with Gasteiger partial charge in [0.15, 0.2) is 5.69 Å². The molecule has 138 valence electrons. The van der Waals surface area contributed by atoms with E-state index < -0.39 is 11.3 Å². The highest BCUT2D eigenvalue weighted by molar-refractivity contribution is 6.04. The number of aryl methyl sites for hydroxylation is 1. The number of carbonyl (C=O) groups excluding carboxylic acids is 1. The lowest BCUT2D eigenvalue weighted by Crippen LogP contribution is -2.26. The Morgan fingerprint density at radius 2 is 1.54 bits per heavy atom. The zero-order valence-electron chi connectivity index (χ0n) is 15.1. The van der Waals surface area contributed by atoms with Crippen LogP contribution < -0.4 is 15.5 Å². The van der Waals surface area contributed by atoms with Gasteiger partial charge in [0.2, 0.25) is 5.43 Å². The molecule has 1 heterocycles. The second kappa shape index (κ2) is 7.36. The van der Waals surface area contributed by atoms with Gasteiger partial charge in [0.25, 0.3) is 5.91 Å². The number of ether oxygens (including phenoxy) is 1. The van der Waals surface area contributed by atoms with Crippen LogP contribution in [0, 0.1) is 0 Å². The van der Waals surface area contributed by atoms with Crippen molar-refractivity contribution in [1.29, 1.82) is 0 Å². The van der Waals surface area contributed by atoms with Crippen molar-refractivity contribution in [3.05, 3.63) is 94.8 Å². The summed E-state index contributed by atoms with van der Waals surface area (Å²) in [6.07, 6.45) is 0. The largest absolute Gasteiger partial charge is 0.457 e. The van der Waals surface area contributed by atoms with E-state index in [4.69, 9.17) is 4.74 Å². The van der Waals surface area contributed by atoms with Crippen molar-refractivity contribution in [2.24, 2.45) is 7.05 Å². The van der Waals surface area contributed by atoms with E-state index in [1.54, 1.807) is 49.5 Å². The Morgan fingerprint density at radius 3 is 2.29 bits per heavy atom. The van der Waals surface area contributed by atoms with E-state index in [9.17, 15) is 9.59 Å². The Hall–Kier alpha value is -3.93. The van der Waals surface area contributed by atoms with Gasteiger partial charge in [0.05, 0.1) is 5.52 Å². The number of benzene rings is 3. The second-order valence-electron chi connectivity index (χ2n) is 6.21. The summed E-state index contributed by atoms with van der Waals surface area (Å²) in [5.41, 5.74) is 0.676. The van der Waals surface area contributed by atoms with E-state index in [0.717, 1.165) is 5.75 Å². The zero-order chi connectivity index (χ0) is 19.5. The molecule has 0 fully saturated rings. The fraction of sp³-hybridized carbons (Fsp3) is 0.0455. The average molecular weight is 371 g/mol. The van der Waals surface area contributed by atoms with Crippen LogP contribution in [0.2, 0.25) is 0 Å². The van der Waals surface area contributed by atoms with Gasteiger partial charge in [-0.05, 0) is 48.5 Å². The minimum Gasteiger partial charge on any atom is -0.457 e. The molecule has 0 bridgehead atoms. The molecule has 0 unspecified atom stereocenters. The summed E-state index contributed by atoms with van der Waals surface area (Å²) in [5, 5.41) is 7.30. The average Bonchev–Trinajstić information content (AvgIpc) is 2.73. The number of hydrogen-bond donors (Lipinski definition) is 1. The third-order valence-electron chi connectivity index (χ3n) is 4.27. The van der Waals surface area contributed by atoms with E-state index in [0.29, 0.717) is 22.3 Å². The molecule has 28 heavy (non-hydrogen) atoms. The first-order valence-corrected chi connectivity index (χ1v) is 8.72. The van der Waals surface area contributed by atoms with E-state index in [-0.39, 0.29) is 5.69 Å². The molecule has 0 saturated carbocycles. The van der Waals surface area contributed by atoms with Gasteiger partial charge < -0.3 is 10.1 Å². The van der Waals surface area contributed by atoms with Crippen LogP contribution in [0.25, 0.3) is 10.9 Å². The van der Waals surface area contributed by atoms with Crippen molar-refractivity contribution in [3.63, 3.8) is 0 Å². The van der Waals surface area contributed by atoms with Crippen molar-refractivity contribution >= 4 is 22.5 Å². The molecule has 0 atom stereocenters. The van der Waals surface area contributed by atoms with Crippen molar-refractivity contribution in [3.8, 4) is 11.5 Å². The van der Waals surface area contributed by atoms with E-state index in [1.807, 2.05) is 36.4 Å². The van der Waals surface area contributed by atoms with E-state index in [2.05, 4.69) is 10.4 Å². The monoisotopic (exact) mass is 371 g/mol. The molecule has 1 amide bonds. The molecule has 6 nitrogen and oxygen atoms in total. The number of aromatic nitrogens is 2. The molecule has 6 heteroatoms. The fourth-order valence-corrected chi connectivity index (χ4v) is 2.89. The molecular formula is C22H17N3O3. The van der Waals surface area contributed by atoms with Crippen molar-refractivity contribution in [1.82, 2.24) is 9.78 Å². The molecule has 0 aliphatic rings. The maximum Gasteiger partial charge on any atom is 0.280 e. The number of rotatable bonds is 4. The van der Waals surface area contributed by atoms with Gasteiger partial charge in [0.1, 0.15) is 11.5 Å². The van der Waals surface area contributed by atoms with Crippen LogP contribution in [0.15, 0.2) is 83.7 Å². The first-order chi connectivity index (χ1) is 13.6. The van der Waals surface area contributed by atoms with Crippen LogP contribution >= 0.6 is 0 Å². The summed E-state index contributed by atoms with van der Waals surface area (Å²) in [6.45, 7) is 0. The first-order valence-electron chi connectivity index (χ1n) is 8.72. The second-order valence-corrected chi connectivity index (χ2v) is 6.21. The predicted octanol–water partition coefficient (Wildman–Crippen LogP) is 3.98. The predicted molar refractivity (Wildman–Crippen MR) is 108 cm³/mol. The number of carbonyl (C=O) groups is 1. The van der Waals surface area contributed by atoms with Crippen LogP contribution in [-0.4, -0.2) is 15.7 Å². The number of nitrogens with zero attached hydrogens (tertiary/aromatic N) is 2. The highest BCUT2D eigenvalue weighted by atomic mass is 16.5. The van der Waals surface area contributed by atoms with E-state index in [1.165, 1.54) is 4.68 Å². The molecule has 0 spiro atoms. The highest BCUT2D eigenvalue weighted by Crippen LogP contribution is 2.22.